The number of aromatic hydroxyl groups is 1. The van der Waals surface area contributed by atoms with Crippen molar-refractivity contribution in [1.29, 1.82) is 0 Å². The Bertz CT molecular complexity index is 1560. The van der Waals surface area contributed by atoms with Gasteiger partial charge in [-0.25, -0.2) is 21.6 Å². The summed E-state index contributed by atoms with van der Waals surface area (Å²) in [6.45, 7) is 1.03. The highest BCUT2D eigenvalue weighted by molar-refractivity contribution is 7.92. The number of nitrogens with one attached hydrogen (secondary N) is 2. The number of aromatic nitrogens is 1. The first-order chi connectivity index (χ1) is 18.2. The molecule has 11 nitrogen and oxygen atoms in total. The van der Waals surface area contributed by atoms with Crippen LogP contribution in [0.2, 0.25) is 0 Å². The molecule has 2 fully saturated rings. The molecule has 1 unspecified atom stereocenters. The zero-order valence-electron chi connectivity index (χ0n) is 20.9. The summed E-state index contributed by atoms with van der Waals surface area (Å²) in [5, 5.41) is 13.0. The zero-order valence-corrected chi connectivity index (χ0v) is 21.7. The number of rotatable bonds is 4. The Labute approximate surface area is 220 Å². The third-order valence-electron chi connectivity index (χ3n) is 7.77. The van der Waals surface area contributed by atoms with Gasteiger partial charge in [-0.05, 0) is 19.8 Å². The van der Waals surface area contributed by atoms with Gasteiger partial charge in [0.1, 0.15) is 33.5 Å². The van der Waals surface area contributed by atoms with E-state index >= 15 is 0 Å². The maximum absolute atomic E-state index is 14.0. The summed E-state index contributed by atoms with van der Waals surface area (Å²) in [5.41, 5.74) is -1.43. The number of carbonyl (C=O) groups is 2. The molecule has 2 bridgehead atoms. The molecule has 3 aliphatic heterocycles. The number of pyridine rings is 1. The summed E-state index contributed by atoms with van der Waals surface area (Å²) < 4.78 is 67.5. The Kier molecular flexibility index (Phi) is 6.31. The van der Waals surface area contributed by atoms with Gasteiger partial charge in [-0.2, -0.15) is 5.48 Å². The number of fused-ring (bicyclic) bond motifs is 5. The van der Waals surface area contributed by atoms with Crippen molar-refractivity contribution < 1.29 is 41.1 Å². The highest BCUT2D eigenvalue weighted by atomic mass is 32.2. The molecule has 0 aliphatic carbocycles. The van der Waals surface area contributed by atoms with Gasteiger partial charge in [0.2, 0.25) is 5.43 Å². The molecule has 15 heteroatoms. The lowest BCUT2D eigenvalue weighted by Crippen LogP contribution is -2.51. The third-order valence-corrected chi connectivity index (χ3v) is 9.63. The van der Waals surface area contributed by atoms with Gasteiger partial charge in [-0.15, -0.1) is 0 Å². The van der Waals surface area contributed by atoms with Crippen molar-refractivity contribution in [3.63, 3.8) is 0 Å². The molecule has 3 atom stereocenters. The molecule has 3 aliphatic rings. The van der Waals surface area contributed by atoms with Gasteiger partial charge in [-0.3, -0.25) is 19.2 Å². The van der Waals surface area contributed by atoms with Gasteiger partial charge < -0.3 is 19.9 Å². The molecule has 3 N–H and O–H groups in total. The second-order valence-corrected chi connectivity index (χ2v) is 12.8. The lowest BCUT2D eigenvalue weighted by molar-refractivity contribution is -0.0939. The van der Waals surface area contributed by atoms with Crippen LogP contribution in [-0.4, -0.2) is 64.6 Å². The van der Waals surface area contributed by atoms with Gasteiger partial charge in [0.15, 0.2) is 21.3 Å². The van der Waals surface area contributed by atoms with Crippen LogP contribution in [0.25, 0.3) is 0 Å². The Morgan fingerprint density at radius 2 is 1.92 bits per heavy atom. The molecule has 2 aromatic rings. The van der Waals surface area contributed by atoms with E-state index in [0.717, 1.165) is 12.5 Å². The largest absolute Gasteiger partial charge is 0.503 e. The molecule has 4 heterocycles. The first-order valence-corrected chi connectivity index (χ1v) is 13.9. The number of hydrogen-bond acceptors (Lipinski definition) is 8. The summed E-state index contributed by atoms with van der Waals surface area (Å²) in [4.78, 5) is 45.0. The maximum Gasteiger partial charge on any atom is 0.274 e. The van der Waals surface area contributed by atoms with Crippen LogP contribution in [0.4, 0.5) is 13.2 Å². The van der Waals surface area contributed by atoms with Gasteiger partial charge >= 0.3 is 0 Å². The highest BCUT2D eigenvalue weighted by Crippen LogP contribution is 2.48. The normalized spacial score (nSPS) is 26.4. The number of nitrogens with zero attached hydrogens (tertiary/aromatic N) is 2. The molecule has 1 aromatic carbocycles. The molecule has 5 rings (SSSR count). The van der Waals surface area contributed by atoms with Crippen molar-refractivity contribution in [2.75, 3.05) is 19.3 Å². The summed E-state index contributed by atoms with van der Waals surface area (Å²) >= 11 is 0. The Hall–Kier alpha value is -3.43. The van der Waals surface area contributed by atoms with E-state index in [0.29, 0.717) is 25.0 Å². The lowest BCUT2D eigenvalue weighted by Gasteiger charge is -2.41. The van der Waals surface area contributed by atoms with Crippen molar-refractivity contribution in [2.45, 2.75) is 49.2 Å². The summed E-state index contributed by atoms with van der Waals surface area (Å²) in [6, 6.07) is 0.0636. The van der Waals surface area contributed by atoms with E-state index in [9.17, 15) is 41.1 Å². The van der Waals surface area contributed by atoms with E-state index in [1.807, 2.05) is 0 Å². The van der Waals surface area contributed by atoms with Gasteiger partial charge in [0, 0.05) is 56.2 Å². The van der Waals surface area contributed by atoms with Gasteiger partial charge in [0.05, 0.1) is 6.04 Å². The average molecular weight is 571 g/mol. The second kappa shape index (κ2) is 9.06. The van der Waals surface area contributed by atoms with Crippen LogP contribution in [0, 0.1) is 17.5 Å². The van der Waals surface area contributed by atoms with Crippen LogP contribution in [0.15, 0.2) is 23.1 Å². The minimum Gasteiger partial charge on any atom is -0.503 e. The maximum atomic E-state index is 14.0. The number of sulfone groups is 1. The number of hydroxylamine groups is 1. The SMILES string of the molecule is CC1(S(C)(=O)=O)C[C@]2(CCCN3C[C@H]2n2cc(C(=O)NCc4c(F)cc(F)cc4F)c(=O)c(O)c2C3=O)ON1. The van der Waals surface area contributed by atoms with E-state index in [1.165, 1.54) is 16.4 Å². The van der Waals surface area contributed by atoms with Gasteiger partial charge in [0.25, 0.3) is 11.8 Å². The number of hydrogen-bond donors (Lipinski definition) is 3. The molecule has 0 saturated carbocycles. The van der Waals surface area contributed by atoms with Crippen molar-refractivity contribution in [3.8, 4) is 5.75 Å². The van der Waals surface area contributed by atoms with Crippen LogP contribution in [0.3, 0.4) is 0 Å². The lowest BCUT2D eigenvalue weighted by atomic mass is 9.84. The average Bonchev–Trinajstić information content (AvgIpc) is 3.11. The molecular formula is C24H25F3N4O7S. The first-order valence-electron chi connectivity index (χ1n) is 12.0. The molecule has 2 saturated heterocycles. The molecule has 0 radical (unpaired) electrons. The Morgan fingerprint density at radius 3 is 2.54 bits per heavy atom. The summed E-state index contributed by atoms with van der Waals surface area (Å²) in [5.74, 6) is -6.41. The number of amides is 2. The fourth-order valence-corrected chi connectivity index (χ4v) is 6.21. The second-order valence-electron chi connectivity index (χ2n) is 10.3. The van der Waals surface area contributed by atoms with Gasteiger partial charge in [-0.1, -0.05) is 0 Å². The molecule has 210 valence electrons. The molecular weight excluding hydrogens is 545 g/mol. The fourth-order valence-electron chi connectivity index (χ4n) is 5.51. The molecule has 2 amide bonds. The first kappa shape index (κ1) is 27.1. The number of halogens is 3. The van der Waals surface area contributed by atoms with E-state index in [2.05, 4.69) is 10.8 Å². The van der Waals surface area contributed by atoms with Crippen LogP contribution in [-0.2, 0) is 21.2 Å². The number of benzene rings is 1. The molecule has 1 spiro atoms. The van der Waals surface area contributed by atoms with E-state index < -0.39 is 84.5 Å². The minimum atomic E-state index is -3.66. The predicted octanol–water partition coefficient (Wildman–Crippen LogP) is 1.12. The van der Waals surface area contributed by atoms with Crippen molar-refractivity contribution in [1.82, 2.24) is 20.3 Å². The predicted molar refractivity (Wildman–Crippen MR) is 129 cm³/mol. The topological polar surface area (TPSA) is 147 Å². The zero-order chi connectivity index (χ0) is 28.5. The standard InChI is InChI=1S/C24H25F3N4O7S/c1-23(39(2,36)37)11-24(38-29-23)4-3-5-30-10-17(24)31-9-14(19(32)20(33)18(31)22(30)35)21(34)28-8-13-15(26)6-12(25)7-16(13)27/h6-7,9,17,29,33H,3-5,8,10-11H2,1-2H3,(H,28,34)/t17-,23?,24+/m1/s1. The van der Waals surface area contributed by atoms with E-state index in [-0.39, 0.29) is 25.2 Å². The third kappa shape index (κ3) is 4.28. The summed E-state index contributed by atoms with van der Waals surface area (Å²) in [6.07, 6.45) is 2.84. The van der Waals surface area contributed by atoms with Crippen molar-refractivity contribution in [3.05, 3.63) is 62.8 Å². The van der Waals surface area contributed by atoms with Crippen LogP contribution < -0.4 is 16.2 Å². The van der Waals surface area contributed by atoms with Crippen molar-refractivity contribution >= 4 is 21.7 Å². The highest BCUT2D eigenvalue weighted by Gasteiger charge is 2.59. The smallest absolute Gasteiger partial charge is 0.274 e. The quantitative estimate of drug-likeness (QED) is 0.496. The minimum absolute atomic E-state index is 0.0253. The summed E-state index contributed by atoms with van der Waals surface area (Å²) in [7, 11) is -3.66. The van der Waals surface area contributed by atoms with Crippen LogP contribution in [0.1, 0.15) is 58.6 Å². The van der Waals surface area contributed by atoms with E-state index in [1.54, 1.807) is 0 Å². The van der Waals surface area contributed by atoms with E-state index in [4.69, 9.17) is 4.84 Å². The fraction of sp³-hybridized carbons (Fsp3) is 0.458. The van der Waals surface area contributed by atoms with Crippen LogP contribution in [0.5, 0.6) is 5.75 Å². The monoisotopic (exact) mass is 570 g/mol. The molecule has 1 aromatic heterocycles. The van der Waals surface area contributed by atoms with Crippen LogP contribution >= 0.6 is 0 Å². The Balaban J connectivity index is 1.56. The number of carbonyl (C=O) groups excluding carboxylic acids is 2. The Morgan fingerprint density at radius 1 is 1.26 bits per heavy atom. The van der Waals surface area contributed by atoms with Crippen molar-refractivity contribution in [2.24, 2.45) is 0 Å². The molecule has 39 heavy (non-hydrogen) atoms.